The Hall–Kier alpha value is -2.54. The van der Waals surface area contributed by atoms with Gasteiger partial charge in [0.2, 0.25) is 0 Å². The first-order valence-corrected chi connectivity index (χ1v) is 8.30. The number of hydrogen-bond acceptors (Lipinski definition) is 2. The number of hydrogen-bond donors (Lipinski definition) is 0. The van der Waals surface area contributed by atoms with Crippen molar-refractivity contribution in [2.75, 3.05) is 0 Å². The van der Waals surface area contributed by atoms with Crippen LogP contribution in [0.4, 0.5) is 13.2 Å². The number of aromatic nitrogens is 3. The molecule has 4 nitrogen and oxygen atoms in total. The molecule has 1 aliphatic carbocycles. The van der Waals surface area contributed by atoms with Gasteiger partial charge in [-0.3, -0.25) is 4.57 Å². The predicted molar refractivity (Wildman–Crippen MR) is 90.4 cm³/mol. The third kappa shape index (κ3) is 2.92. The quantitative estimate of drug-likeness (QED) is 0.672. The molecule has 0 unspecified atom stereocenters. The van der Waals surface area contributed by atoms with Gasteiger partial charge >= 0.3 is 11.9 Å². The van der Waals surface area contributed by atoms with E-state index in [1.165, 1.54) is 16.7 Å². The van der Waals surface area contributed by atoms with Crippen LogP contribution in [0.2, 0.25) is 5.02 Å². The van der Waals surface area contributed by atoms with Gasteiger partial charge in [0.05, 0.1) is 11.3 Å². The van der Waals surface area contributed by atoms with Gasteiger partial charge in [-0.25, -0.2) is 4.79 Å². The van der Waals surface area contributed by atoms with E-state index in [1.54, 1.807) is 24.3 Å². The fourth-order valence-electron chi connectivity index (χ4n) is 2.81. The van der Waals surface area contributed by atoms with Crippen molar-refractivity contribution in [1.82, 2.24) is 14.3 Å². The standard InChI is InChI=1S/C18H12ClF3N3O/c19-12-7-5-11(6-8-12)16-23-25(17(26)24(16)13-9-10-13)15-4-2-1-3-14(15)18(20,21)22/h1-3,5-8,13H,9-10H2. The fourth-order valence-corrected chi connectivity index (χ4v) is 2.94. The molecule has 1 radical (unpaired) electrons. The highest BCUT2D eigenvalue weighted by molar-refractivity contribution is 6.30. The lowest BCUT2D eigenvalue weighted by Crippen LogP contribution is -2.25. The number of benzene rings is 2. The van der Waals surface area contributed by atoms with Crippen LogP contribution in [0.5, 0.6) is 0 Å². The van der Waals surface area contributed by atoms with Gasteiger partial charge in [0, 0.05) is 22.7 Å². The Morgan fingerprint density at radius 2 is 1.85 bits per heavy atom. The lowest BCUT2D eigenvalue weighted by Gasteiger charge is -2.10. The van der Waals surface area contributed by atoms with Gasteiger partial charge in [0.25, 0.3) is 0 Å². The minimum atomic E-state index is -4.61. The summed E-state index contributed by atoms with van der Waals surface area (Å²) in [6, 6.07) is 12.6. The summed E-state index contributed by atoms with van der Waals surface area (Å²) in [6.45, 7) is 0. The zero-order valence-corrected chi connectivity index (χ0v) is 14.1. The number of para-hydroxylation sites is 1. The van der Waals surface area contributed by atoms with Gasteiger partial charge in [-0.15, -0.1) is 5.10 Å². The normalized spacial score (nSPS) is 14.6. The molecule has 4 rings (SSSR count). The molecule has 1 heterocycles. The zero-order valence-electron chi connectivity index (χ0n) is 13.3. The Balaban J connectivity index is 1.94. The Bertz CT molecular complexity index is 1020. The van der Waals surface area contributed by atoms with Crippen LogP contribution in [-0.4, -0.2) is 14.3 Å². The largest absolute Gasteiger partial charge is 0.418 e. The van der Waals surface area contributed by atoms with E-state index < -0.39 is 23.1 Å². The Labute approximate surface area is 151 Å². The number of rotatable bonds is 3. The van der Waals surface area contributed by atoms with Gasteiger partial charge < -0.3 is 0 Å². The van der Waals surface area contributed by atoms with Crippen molar-refractivity contribution < 1.29 is 13.2 Å². The fraction of sp³-hybridized carbons (Fsp3) is 0.222. The van der Waals surface area contributed by atoms with Crippen molar-refractivity contribution in [3.8, 4) is 17.1 Å². The zero-order chi connectivity index (χ0) is 18.5. The first-order valence-electron chi connectivity index (χ1n) is 7.92. The second kappa shape index (κ2) is 6.02. The second-order valence-corrected chi connectivity index (χ2v) is 6.49. The van der Waals surface area contributed by atoms with Crippen LogP contribution in [0.15, 0.2) is 47.3 Å². The number of nitrogens with zero attached hydrogens (tertiary/aromatic N) is 3. The number of halogens is 4. The highest BCUT2D eigenvalue weighted by atomic mass is 35.5. The molecule has 1 saturated carbocycles. The van der Waals surface area contributed by atoms with Crippen molar-refractivity contribution in [3.05, 3.63) is 69.6 Å². The van der Waals surface area contributed by atoms with E-state index in [1.807, 2.05) is 0 Å². The van der Waals surface area contributed by atoms with Crippen LogP contribution in [0, 0.1) is 6.07 Å². The van der Waals surface area contributed by atoms with Crippen molar-refractivity contribution >= 4 is 11.6 Å². The molecule has 0 N–H and O–H groups in total. The summed E-state index contributed by atoms with van der Waals surface area (Å²) < 4.78 is 42.2. The van der Waals surface area contributed by atoms with Crippen LogP contribution in [0.25, 0.3) is 17.1 Å². The first-order chi connectivity index (χ1) is 12.4. The molecule has 0 amide bonds. The molecule has 8 heteroatoms. The third-order valence-corrected chi connectivity index (χ3v) is 4.43. The lowest BCUT2D eigenvalue weighted by molar-refractivity contribution is -0.137. The maximum absolute atomic E-state index is 13.3. The Morgan fingerprint density at radius 1 is 1.15 bits per heavy atom. The van der Waals surface area contributed by atoms with Crippen LogP contribution < -0.4 is 5.69 Å². The van der Waals surface area contributed by atoms with E-state index in [0.717, 1.165) is 23.6 Å². The average molecular weight is 379 g/mol. The lowest BCUT2D eigenvalue weighted by atomic mass is 10.2. The highest BCUT2D eigenvalue weighted by Crippen LogP contribution is 2.38. The molecule has 26 heavy (non-hydrogen) atoms. The topological polar surface area (TPSA) is 39.8 Å². The molecule has 3 aromatic rings. The second-order valence-electron chi connectivity index (χ2n) is 6.06. The molecule has 0 bridgehead atoms. The molecule has 2 aromatic carbocycles. The number of alkyl halides is 3. The summed E-state index contributed by atoms with van der Waals surface area (Å²) in [7, 11) is 0. The van der Waals surface area contributed by atoms with Gasteiger partial charge in [-0.1, -0.05) is 23.7 Å². The molecule has 0 saturated heterocycles. The smallest absolute Gasteiger partial charge is 0.271 e. The van der Waals surface area contributed by atoms with Gasteiger partial charge in [0.1, 0.15) is 0 Å². The summed E-state index contributed by atoms with van der Waals surface area (Å²) in [5.41, 5.74) is -1.35. The van der Waals surface area contributed by atoms with Crippen molar-refractivity contribution in [3.63, 3.8) is 0 Å². The van der Waals surface area contributed by atoms with Crippen molar-refractivity contribution in [2.24, 2.45) is 0 Å². The average Bonchev–Trinajstić information content (AvgIpc) is 3.38. The Kier molecular flexibility index (Phi) is 3.91. The molecule has 1 aliphatic rings. The summed E-state index contributed by atoms with van der Waals surface area (Å²) in [4.78, 5) is 12.8. The van der Waals surface area contributed by atoms with Crippen LogP contribution >= 0.6 is 11.6 Å². The van der Waals surface area contributed by atoms with Crippen LogP contribution in [0.1, 0.15) is 24.4 Å². The minimum absolute atomic E-state index is 0.0556. The molecular weight excluding hydrogens is 367 g/mol. The van der Waals surface area contributed by atoms with Crippen LogP contribution in [0.3, 0.4) is 0 Å². The van der Waals surface area contributed by atoms with Crippen LogP contribution in [-0.2, 0) is 6.18 Å². The van der Waals surface area contributed by atoms with E-state index in [9.17, 15) is 18.0 Å². The molecule has 0 spiro atoms. The van der Waals surface area contributed by atoms with E-state index in [-0.39, 0.29) is 6.04 Å². The third-order valence-electron chi connectivity index (χ3n) is 4.18. The van der Waals surface area contributed by atoms with Gasteiger partial charge in [0.15, 0.2) is 5.82 Å². The molecule has 133 valence electrons. The first kappa shape index (κ1) is 16.9. The summed E-state index contributed by atoms with van der Waals surface area (Å²) >= 11 is 5.89. The van der Waals surface area contributed by atoms with E-state index in [0.29, 0.717) is 16.4 Å². The maximum Gasteiger partial charge on any atom is 0.418 e. The van der Waals surface area contributed by atoms with E-state index in [2.05, 4.69) is 11.2 Å². The predicted octanol–water partition coefficient (Wildman–Crippen LogP) is 4.51. The molecule has 0 atom stereocenters. The van der Waals surface area contributed by atoms with E-state index >= 15 is 0 Å². The summed E-state index contributed by atoms with van der Waals surface area (Å²) in [6.07, 6.45) is -3.04. The van der Waals surface area contributed by atoms with Crippen molar-refractivity contribution in [2.45, 2.75) is 25.1 Å². The molecule has 1 fully saturated rings. The monoisotopic (exact) mass is 378 g/mol. The highest BCUT2D eigenvalue weighted by Gasteiger charge is 2.36. The minimum Gasteiger partial charge on any atom is -0.271 e. The van der Waals surface area contributed by atoms with Gasteiger partial charge in [-0.2, -0.15) is 17.9 Å². The molecule has 0 aliphatic heterocycles. The summed E-state index contributed by atoms with van der Waals surface area (Å²) in [5.74, 6) is 0.319. The maximum atomic E-state index is 13.3. The summed E-state index contributed by atoms with van der Waals surface area (Å²) in [5, 5.41) is 4.73. The molecular formula is C18H12ClF3N3O. The van der Waals surface area contributed by atoms with E-state index in [4.69, 9.17) is 11.6 Å². The Morgan fingerprint density at radius 3 is 2.46 bits per heavy atom. The SMILES string of the molecule is O=c1n(-c2[c]cccc2C(F)(F)F)nc(-c2ccc(Cl)cc2)n1C1CC1. The van der Waals surface area contributed by atoms with Crippen molar-refractivity contribution in [1.29, 1.82) is 0 Å². The van der Waals surface area contributed by atoms with Gasteiger partial charge in [-0.05, 0) is 43.2 Å². The molecule has 1 aromatic heterocycles.